The third-order valence-electron chi connectivity index (χ3n) is 5.02. The monoisotopic (exact) mass is 348 g/mol. The molecule has 1 aliphatic carbocycles. The summed E-state index contributed by atoms with van der Waals surface area (Å²) in [6.45, 7) is 4.18. The average Bonchev–Trinajstić information content (AvgIpc) is 3.26. The number of benzene rings is 1. The van der Waals surface area contributed by atoms with Crippen LogP contribution >= 0.6 is 0 Å². The summed E-state index contributed by atoms with van der Waals surface area (Å²) in [6, 6.07) is 5.98. The highest BCUT2D eigenvalue weighted by Gasteiger charge is 2.34. The van der Waals surface area contributed by atoms with E-state index in [9.17, 15) is 4.79 Å². The Kier molecular flexibility index (Phi) is 3.13. The summed E-state index contributed by atoms with van der Waals surface area (Å²) in [7, 11) is 0. The molecule has 0 saturated heterocycles. The lowest BCUT2D eigenvalue weighted by molar-refractivity contribution is 0.102. The molecule has 1 amide bonds. The van der Waals surface area contributed by atoms with Crippen molar-refractivity contribution in [2.24, 2.45) is 0 Å². The number of hydrogen-bond donors (Lipinski definition) is 1. The fourth-order valence-electron chi connectivity index (χ4n) is 3.68. The summed E-state index contributed by atoms with van der Waals surface area (Å²) < 4.78 is 7.67. The van der Waals surface area contributed by atoms with Crippen molar-refractivity contribution in [2.75, 3.05) is 5.32 Å². The third-order valence-corrected chi connectivity index (χ3v) is 5.02. The topological polar surface area (TPSA) is 68.5 Å². The molecular formula is C20H20N4O2. The van der Waals surface area contributed by atoms with E-state index in [0.717, 1.165) is 36.3 Å². The molecule has 26 heavy (non-hydrogen) atoms. The van der Waals surface area contributed by atoms with Crippen molar-refractivity contribution in [1.29, 1.82) is 0 Å². The fourth-order valence-corrected chi connectivity index (χ4v) is 3.68. The molecular weight excluding hydrogens is 328 g/mol. The van der Waals surface area contributed by atoms with Gasteiger partial charge < -0.3 is 10.1 Å². The van der Waals surface area contributed by atoms with E-state index < -0.39 is 0 Å². The summed E-state index contributed by atoms with van der Waals surface area (Å²) in [5, 5.41) is 7.30. The van der Waals surface area contributed by atoms with Crippen molar-refractivity contribution in [3.63, 3.8) is 0 Å². The minimum atomic E-state index is -0.196. The van der Waals surface area contributed by atoms with Crippen molar-refractivity contribution in [1.82, 2.24) is 14.6 Å². The predicted molar refractivity (Wildman–Crippen MR) is 97.8 cm³/mol. The Morgan fingerprint density at radius 2 is 2.19 bits per heavy atom. The lowest BCUT2D eigenvalue weighted by Gasteiger charge is -2.17. The van der Waals surface area contributed by atoms with Gasteiger partial charge in [-0.3, -0.25) is 4.79 Å². The molecule has 2 aliphatic rings. The number of anilines is 1. The molecule has 0 unspecified atom stereocenters. The summed E-state index contributed by atoms with van der Waals surface area (Å²) in [4.78, 5) is 17.1. The zero-order chi connectivity index (χ0) is 17.9. The molecule has 0 bridgehead atoms. The molecule has 0 radical (unpaired) electrons. The zero-order valence-corrected chi connectivity index (χ0v) is 14.8. The van der Waals surface area contributed by atoms with Crippen LogP contribution in [0.5, 0.6) is 5.75 Å². The molecule has 6 heteroatoms. The van der Waals surface area contributed by atoms with E-state index in [2.05, 4.69) is 41.4 Å². The summed E-state index contributed by atoms with van der Waals surface area (Å²) in [5.74, 6) is 1.27. The molecule has 0 atom stereocenters. The Morgan fingerprint density at radius 1 is 1.35 bits per heavy atom. The van der Waals surface area contributed by atoms with E-state index in [-0.39, 0.29) is 11.5 Å². The number of nitrogens with zero attached hydrogens (tertiary/aromatic N) is 3. The maximum absolute atomic E-state index is 12.9. The Balaban J connectivity index is 1.51. The maximum Gasteiger partial charge on any atom is 0.261 e. The standard InChI is InChI=1S/C20H20N4O2/c1-20(2)10-13-8-16(14(12-4-5-12)9-17(13)26-20)23-19(25)15-11-22-24-7-3-6-21-18(15)24/h3,6-9,11-12H,4-5,10H2,1-2H3,(H,23,25). The largest absolute Gasteiger partial charge is 0.487 e. The van der Waals surface area contributed by atoms with Gasteiger partial charge in [-0.2, -0.15) is 5.10 Å². The van der Waals surface area contributed by atoms with Crippen LogP contribution in [0, 0.1) is 0 Å². The first-order valence-corrected chi connectivity index (χ1v) is 8.96. The summed E-state index contributed by atoms with van der Waals surface area (Å²) in [5.41, 5.74) is 4.03. The maximum atomic E-state index is 12.9. The van der Waals surface area contributed by atoms with Gasteiger partial charge in [0.2, 0.25) is 0 Å². The zero-order valence-electron chi connectivity index (χ0n) is 14.8. The number of nitrogens with one attached hydrogen (secondary N) is 1. The molecule has 3 aromatic rings. The first kappa shape index (κ1) is 15.4. The van der Waals surface area contributed by atoms with Crippen LogP contribution in [-0.4, -0.2) is 26.1 Å². The summed E-state index contributed by atoms with van der Waals surface area (Å²) >= 11 is 0. The van der Waals surface area contributed by atoms with Gasteiger partial charge in [-0.25, -0.2) is 9.50 Å². The fraction of sp³-hybridized carbons (Fsp3) is 0.350. The van der Waals surface area contributed by atoms with E-state index in [0.29, 0.717) is 17.1 Å². The lowest BCUT2D eigenvalue weighted by atomic mass is 9.98. The first-order chi connectivity index (χ1) is 12.5. The van der Waals surface area contributed by atoms with Crippen LogP contribution in [0.1, 0.15) is 54.1 Å². The smallest absolute Gasteiger partial charge is 0.261 e. The molecule has 132 valence electrons. The first-order valence-electron chi connectivity index (χ1n) is 8.96. The molecule has 1 fully saturated rings. The van der Waals surface area contributed by atoms with Crippen LogP contribution in [0.3, 0.4) is 0 Å². The van der Waals surface area contributed by atoms with Crippen molar-refractivity contribution in [3.8, 4) is 5.75 Å². The molecule has 1 saturated carbocycles. The van der Waals surface area contributed by atoms with E-state index >= 15 is 0 Å². The van der Waals surface area contributed by atoms with Gasteiger partial charge in [0, 0.05) is 30.1 Å². The molecule has 3 heterocycles. The Hall–Kier alpha value is -2.89. The van der Waals surface area contributed by atoms with Crippen molar-refractivity contribution in [3.05, 3.63) is 53.5 Å². The van der Waals surface area contributed by atoms with Crippen LogP contribution in [0.2, 0.25) is 0 Å². The van der Waals surface area contributed by atoms with Crippen LogP contribution < -0.4 is 10.1 Å². The Bertz CT molecular complexity index is 1030. The molecule has 1 N–H and O–H groups in total. The van der Waals surface area contributed by atoms with E-state index in [4.69, 9.17) is 4.74 Å². The third kappa shape index (κ3) is 2.53. The highest BCUT2D eigenvalue weighted by molar-refractivity contribution is 6.08. The molecule has 5 rings (SSSR count). The number of carbonyl (C=O) groups is 1. The Morgan fingerprint density at radius 3 is 3.00 bits per heavy atom. The van der Waals surface area contributed by atoms with Crippen molar-refractivity contribution in [2.45, 2.75) is 44.6 Å². The molecule has 6 nitrogen and oxygen atoms in total. The van der Waals surface area contributed by atoms with E-state index in [1.54, 1.807) is 29.2 Å². The van der Waals surface area contributed by atoms with Crippen LogP contribution in [0.25, 0.3) is 5.65 Å². The number of carbonyl (C=O) groups excluding carboxylic acids is 1. The van der Waals surface area contributed by atoms with Crippen molar-refractivity contribution < 1.29 is 9.53 Å². The van der Waals surface area contributed by atoms with Gasteiger partial charge in [-0.05, 0) is 56.4 Å². The number of hydrogen-bond acceptors (Lipinski definition) is 4. The number of rotatable bonds is 3. The van der Waals surface area contributed by atoms with Gasteiger partial charge in [0.25, 0.3) is 5.91 Å². The lowest BCUT2D eigenvalue weighted by Crippen LogP contribution is -2.24. The van der Waals surface area contributed by atoms with Gasteiger partial charge in [0.05, 0.1) is 6.20 Å². The average molecular weight is 348 g/mol. The molecule has 0 spiro atoms. The van der Waals surface area contributed by atoms with Crippen molar-refractivity contribution >= 4 is 17.2 Å². The highest BCUT2D eigenvalue weighted by Crippen LogP contribution is 2.48. The van der Waals surface area contributed by atoms with Gasteiger partial charge in [0.15, 0.2) is 5.65 Å². The number of amides is 1. The minimum absolute atomic E-state index is 0.182. The molecule has 1 aliphatic heterocycles. The van der Waals surface area contributed by atoms with Crippen LogP contribution in [0.15, 0.2) is 36.8 Å². The van der Waals surface area contributed by atoms with Gasteiger partial charge in [-0.1, -0.05) is 0 Å². The van der Waals surface area contributed by atoms with Crippen LogP contribution in [0.4, 0.5) is 5.69 Å². The quantitative estimate of drug-likeness (QED) is 0.786. The van der Waals surface area contributed by atoms with Gasteiger partial charge in [-0.15, -0.1) is 0 Å². The number of ether oxygens (including phenoxy) is 1. The van der Waals surface area contributed by atoms with Gasteiger partial charge >= 0.3 is 0 Å². The van der Waals surface area contributed by atoms with E-state index in [1.807, 2.05) is 0 Å². The Labute approximate surface area is 151 Å². The second-order valence-corrected chi connectivity index (χ2v) is 7.76. The SMILES string of the molecule is CC1(C)Cc2cc(NC(=O)c3cnn4cccnc34)c(C3CC3)cc2O1. The van der Waals surface area contributed by atoms with Crippen LogP contribution in [-0.2, 0) is 6.42 Å². The normalized spacial score (nSPS) is 17.8. The highest BCUT2D eigenvalue weighted by atomic mass is 16.5. The van der Waals surface area contributed by atoms with E-state index in [1.165, 1.54) is 5.56 Å². The second-order valence-electron chi connectivity index (χ2n) is 7.76. The van der Waals surface area contributed by atoms with Gasteiger partial charge in [0.1, 0.15) is 16.9 Å². The number of aromatic nitrogens is 3. The molecule has 1 aromatic carbocycles. The predicted octanol–water partition coefficient (Wildman–Crippen LogP) is 3.57. The summed E-state index contributed by atoms with van der Waals surface area (Å²) in [6.07, 6.45) is 8.16. The minimum Gasteiger partial charge on any atom is -0.487 e. The number of fused-ring (bicyclic) bond motifs is 2. The molecule has 2 aromatic heterocycles. The second kappa shape index (κ2) is 5.30.